The summed E-state index contributed by atoms with van der Waals surface area (Å²) >= 11 is 0. The predicted molar refractivity (Wildman–Crippen MR) is 196 cm³/mol. The van der Waals surface area contributed by atoms with Gasteiger partial charge >= 0.3 is 5.97 Å². The van der Waals surface area contributed by atoms with Gasteiger partial charge in [-0.2, -0.15) is 0 Å². The number of hydrogen-bond donors (Lipinski definition) is 5. The number of azide groups is 1. The highest BCUT2D eigenvalue weighted by Gasteiger charge is 2.28. The molecule has 0 aromatic heterocycles. The predicted octanol–water partition coefficient (Wildman–Crippen LogP) is 4.82. The first-order valence-corrected chi connectivity index (χ1v) is 17.2. The lowest BCUT2D eigenvalue weighted by atomic mass is 9.95. The van der Waals surface area contributed by atoms with Crippen LogP contribution in [0.4, 0.5) is 0 Å². The number of carbonyl (C=O) groups excluding carboxylic acids is 3. The molecule has 0 spiro atoms. The highest BCUT2D eigenvalue weighted by molar-refractivity contribution is 5.93. The number of amides is 3. The molecule has 0 aliphatic carbocycles. The van der Waals surface area contributed by atoms with E-state index in [-0.39, 0.29) is 6.42 Å². The van der Waals surface area contributed by atoms with Crippen LogP contribution in [0.5, 0.6) is 5.75 Å². The average Bonchev–Trinajstić information content (AvgIpc) is 3.08. The van der Waals surface area contributed by atoms with Gasteiger partial charge in [0.25, 0.3) is 0 Å². The molecule has 272 valence electrons. The van der Waals surface area contributed by atoms with Crippen LogP contribution >= 0.6 is 0 Å². The van der Waals surface area contributed by atoms with Crippen LogP contribution in [-0.2, 0) is 38.4 Å². The lowest BCUT2D eigenvalue weighted by Crippen LogP contribution is -2.56. The van der Waals surface area contributed by atoms with Crippen molar-refractivity contribution in [2.45, 2.75) is 90.3 Å². The molecule has 0 bridgehead atoms. The summed E-state index contributed by atoms with van der Waals surface area (Å²) in [7, 11) is 0. The zero-order valence-electron chi connectivity index (χ0n) is 29.6. The van der Waals surface area contributed by atoms with Gasteiger partial charge in [-0.1, -0.05) is 71.7 Å². The zero-order chi connectivity index (χ0) is 37.3. The molecule has 0 saturated carbocycles. The van der Waals surface area contributed by atoms with Gasteiger partial charge in [-0.05, 0) is 97.9 Å². The van der Waals surface area contributed by atoms with Gasteiger partial charge in [-0.15, -0.1) is 0 Å². The Labute approximate surface area is 298 Å². The first kappa shape index (κ1) is 40.0. The number of aliphatic carboxylic acids is 1. The van der Waals surface area contributed by atoms with Crippen molar-refractivity contribution in [2.24, 2.45) is 16.6 Å². The van der Waals surface area contributed by atoms with E-state index in [1.54, 1.807) is 0 Å². The van der Waals surface area contributed by atoms with E-state index in [0.29, 0.717) is 32.4 Å². The molecule has 51 heavy (non-hydrogen) atoms. The van der Waals surface area contributed by atoms with E-state index in [1.807, 2.05) is 56.3 Å². The minimum absolute atomic E-state index is 0.0544. The van der Waals surface area contributed by atoms with Gasteiger partial charge in [0.2, 0.25) is 17.7 Å². The number of carboxylic acids is 1. The number of nitrogens with two attached hydrogens (primary N) is 2. The number of unbranched alkanes of at least 4 members (excludes halogenated alkanes) is 1. The molecule has 0 aliphatic rings. The lowest BCUT2D eigenvalue weighted by molar-refractivity contribution is -0.139. The van der Waals surface area contributed by atoms with Crippen molar-refractivity contribution in [1.29, 1.82) is 0 Å². The molecule has 0 aliphatic heterocycles. The summed E-state index contributed by atoms with van der Waals surface area (Å²) in [6, 6.07) is 16.2. The van der Waals surface area contributed by atoms with Gasteiger partial charge in [0.05, 0.1) is 19.1 Å². The standard InChI is InChI=1S/C38H49N7O6/c1-4-28-22-30(51-17-6-5-16-42-45-41)14-15-31(28)29-12-10-26(11-13-29)21-34(44-37(49)32(39)23-35(46)47)38(50)43-33(36(40)48)9-7-8-27-19-24(2)18-25(3)20-27/h10-15,18-20,22,32-34H,4-9,16-17,21,23,39H2,1-3H3,(H2,40,48)(H,43,50)(H,44,49)(H,46,47)/t32-,33-,34-/m0/s1. The molecule has 0 radical (unpaired) electrons. The minimum atomic E-state index is -1.37. The molecular weight excluding hydrogens is 650 g/mol. The molecule has 0 heterocycles. The summed E-state index contributed by atoms with van der Waals surface area (Å²) in [6.45, 7) is 7.04. The maximum absolute atomic E-state index is 13.6. The second-order valence-corrected chi connectivity index (χ2v) is 12.7. The number of carboxylic acid groups (broad SMARTS) is 1. The highest BCUT2D eigenvalue weighted by Crippen LogP contribution is 2.29. The number of benzene rings is 3. The Hall–Kier alpha value is -5.39. The van der Waals surface area contributed by atoms with Crippen LogP contribution in [0.2, 0.25) is 0 Å². The molecule has 3 aromatic rings. The van der Waals surface area contributed by atoms with Crippen molar-refractivity contribution in [3.8, 4) is 16.9 Å². The van der Waals surface area contributed by atoms with Crippen molar-refractivity contribution in [2.75, 3.05) is 13.2 Å². The first-order chi connectivity index (χ1) is 24.4. The Morgan fingerprint density at radius 1 is 0.902 bits per heavy atom. The molecule has 0 saturated heterocycles. The van der Waals surface area contributed by atoms with Crippen LogP contribution in [0, 0.1) is 13.8 Å². The summed E-state index contributed by atoms with van der Waals surface area (Å²) in [5, 5.41) is 17.9. The lowest BCUT2D eigenvalue weighted by Gasteiger charge is -2.23. The third-order valence-corrected chi connectivity index (χ3v) is 8.41. The second-order valence-electron chi connectivity index (χ2n) is 12.7. The van der Waals surface area contributed by atoms with E-state index >= 15 is 0 Å². The quantitative estimate of drug-likeness (QED) is 0.0451. The Balaban J connectivity index is 1.73. The number of hydrogen-bond acceptors (Lipinski definition) is 7. The average molecular weight is 700 g/mol. The number of rotatable bonds is 21. The Bertz CT molecular complexity index is 1680. The number of aryl methyl sites for hydroxylation is 4. The summed E-state index contributed by atoms with van der Waals surface area (Å²) in [6.07, 6.45) is 3.29. The zero-order valence-corrected chi connectivity index (χ0v) is 29.6. The van der Waals surface area contributed by atoms with Gasteiger partial charge in [0, 0.05) is 17.9 Å². The summed E-state index contributed by atoms with van der Waals surface area (Å²) in [5.41, 5.74) is 27.0. The fourth-order valence-electron chi connectivity index (χ4n) is 5.86. The van der Waals surface area contributed by atoms with Gasteiger partial charge in [0.1, 0.15) is 17.8 Å². The Morgan fingerprint density at radius 2 is 1.59 bits per heavy atom. The third kappa shape index (κ3) is 13.4. The number of nitrogens with zero attached hydrogens (tertiary/aromatic N) is 3. The summed E-state index contributed by atoms with van der Waals surface area (Å²) in [5.74, 6) is -2.63. The van der Waals surface area contributed by atoms with Crippen LogP contribution in [0.25, 0.3) is 21.6 Å². The van der Waals surface area contributed by atoms with Crippen LogP contribution < -0.4 is 26.8 Å². The van der Waals surface area contributed by atoms with E-state index in [9.17, 15) is 19.2 Å². The smallest absolute Gasteiger partial charge is 0.305 e. The highest BCUT2D eigenvalue weighted by atomic mass is 16.5. The molecule has 3 amide bonds. The van der Waals surface area contributed by atoms with E-state index in [0.717, 1.165) is 64.0 Å². The number of nitrogens with one attached hydrogen (secondary N) is 2. The van der Waals surface area contributed by atoms with E-state index in [4.69, 9.17) is 26.8 Å². The van der Waals surface area contributed by atoms with Gasteiger partial charge in [-0.25, -0.2) is 0 Å². The molecule has 7 N–H and O–H groups in total. The first-order valence-electron chi connectivity index (χ1n) is 17.2. The van der Waals surface area contributed by atoms with Gasteiger partial charge < -0.3 is 31.9 Å². The fourth-order valence-corrected chi connectivity index (χ4v) is 5.86. The van der Waals surface area contributed by atoms with Gasteiger partial charge in [-0.3, -0.25) is 19.2 Å². The Kier molecular flexibility index (Phi) is 16.0. The topological polar surface area (TPSA) is 223 Å². The molecule has 0 fully saturated rings. The largest absolute Gasteiger partial charge is 0.494 e. The molecule has 13 nitrogen and oxygen atoms in total. The van der Waals surface area contributed by atoms with Crippen molar-refractivity contribution in [3.05, 3.63) is 98.9 Å². The molecule has 3 rings (SSSR count). The summed E-state index contributed by atoms with van der Waals surface area (Å²) < 4.78 is 5.89. The number of primary amides is 1. The Morgan fingerprint density at radius 3 is 2.22 bits per heavy atom. The van der Waals surface area contributed by atoms with Crippen molar-refractivity contribution in [1.82, 2.24) is 10.6 Å². The van der Waals surface area contributed by atoms with Gasteiger partial charge in [0.15, 0.2) is 0 Å². The van der Waals surface area contributed by atoms with Crippen molar-refractivity contribution in [3.63, 3.8) is 0 Å². The van der Waals surface area contributed by atoms with E-state index in [1.165, 1.54) is 0 Å². The maximum atomic E-state index is 13.6. The fraction of sp³-hybridized carbons (Fsp3) is 0.421. The van der Waals surface area contributed by atoms with Crippen LogP contribution in [0.15, 0.2) is 65.8 Å². The normalized spacial score (nSPS) is 12.5. The molecular formula is C38H49N7O6. The molecule has 3 atom stereocenters. The third-order valence-electron chi connectivity index (χ3n) is 8.41. The summed E-state index contributed by atoms with van der Waals surface area (Å²) in [4.78, 5) is 52.7. The number of carbonyl (C=O) groups is 4. The van der Waals surface area contributed by atoms with Crippen LogP contribution in [-0.4, -0.2) is 60.1 Å². The number of ether oxygens (including phenoxy) is 1. The van der Waals surface area contributed by atoms with Crippen molar-refractivity contribution >= 4 is 23.7 Å². The van der Waals surface area contributed by atoms with Crippen LogP contribution in [0.1, 0.15) is 66.8 Å². The van der Waals surface area contributed by atoms with E-state index < -0.39 is 48.2 Å². The maximum Gasteiger partial charge on any atom is 0.305 e. The monoisotopic (exact) mass is 699 g/mol. The SMILES string of the molecule is CCc1cc(OCCCCN=[N+]=[N-])ccc1-c1ccc(C[C@H](NC(=O)[C@@H](N)CC(=O)O)C(=O)N[C@@H](CCCc2cc(C)cc(C)c2)C(N)=O)cc1. The molecule has 13 heteroatoms. The van der Waals surface area contributed by atoms with Crippen LogP contribution in [0.3, 0.4) is 0 Å². The molecule has 0 unspecified atom stereocenters. The van der Waals surface area contributed by atoms with Crippen molar-refractivity contribution < 1.29 is 29.0 Å². The van der Waals surface area contributed by atoms with E-state index in [2.05, 4.69) is 45.8 Å². The second kappa shape index (κ2) is 20.3. The minimum Gasteiger partial charge on any atom is -0.494 e. The molecule has 3 aromatic carbocycles.